The molecule has 0 radical (unpaired) electrons. The molecule has 0 spiro atoms. The summed E-state index contributed by atoms with van der Waals surface area (Å²) in [6.45, 7) is 3.81. The monoisotopic (exact) mass is 262 g/mol. The molecule has 20 heavy (non-hydrogen) atoms. The van der Waals surface area contributed by atoms with E-state index in [0.717, 1.165) is 27.9 Å². The van der Waals surface area contributed by atoms with Gasteiger partial charge in [0.05, 0.1) is 11.4 Å². The molecule has 0 N–H and O–H groups in total. The molecule has 4 rings (SSSR count). The van der Waals surface area contributed by atoms with E-state index < -0.39 is 0 Å². The third-order valence-corrected chi connectivity index (χ3v) is 3.16. The molecular weight excluding hydrogens is 252 g/mol. The largest absolute Gasteiger partial charge is 0.251 e. The van der Waals surface area contributed by atoms with Crippen LogP contribution in [0.5, 0.6) is 0 Å². The van der Waals surface area contributed by atoms with Crippen LogP contribution in [-0.2, 0) is 0 Å². The standard InChI is InChI=1S/C14H10N6/c1-7-5-17-11-9-10(16-4-3-15-9)13-12(14(11)20-7)18-6-8(2)19-13/h3-6H,1-2H3. The first kappa shape index (κ1) is 11.1. The van der Waals surface area contributed by atoms with Gasteiger partial charge in [0.15, 0.2) is 0 Å². The Bertz CT molecular complexity index is 941. The maximum absolute atomic E-state index is 4.55. The van der Waals surface area contributed by atoms with Crippen LogP contribution in [0.25, 0.3) is 33.1 Å². The van der Waals surface area contributed by atoms with Crippen LogP contribution in [-0.4, -0.2) is 29.9 Å². The van der Waals surface area contributed by atoms with Crippen LogP contribution in [0.3, 0.4) is 0 Å². The molecule has 6 nitrogen and oxygen atoms in total. The highest BCUT2D eigenvalue weighted by atomic mass is 14.9. The van der Waals surface area contributed by atoms with Crippen LogP contribution in [0.1, 0.15) is 11.4 Å². The lowest BCUT2D eigenvalue weighted by molar-refractivity contribution is 1.16. The predicted molar refractivity (Wildman–Crippen MR) is 75.2 cm³/mol. The highest BCUT2D eigenvalue weighted by molar-refractivity contribution is 6.17. The fraction of sp³-hybridized carbons (Fsp3) is 0.143. The van der Waals surface area contributed by atoms with E-state index in [1.54, 1.807) is 24.8 Å². The Morgan fingerprint density at radius 2 is 0.950 bits per heavy atom. The quantitative estimate of drug-likeness (QED) is 0.452. The molecule has 0 aliphatic rings. The minimum atomic E-state index is 0.711. The highest BCUT2D eigenvalue weighted by Gasteiger charge is 2.14. The highest BCUT2D eigenvalue weighted by Crippen LogP contribution is 2.27. The SMILES string of the molecule is Cc1cnc2c3nccnc3c3nc(C)cnc3c2n1. The van der Waals surface area contributed by atoms with Crippen LogP contribution in [0.4, 0.5) is 0 Å². The first-order chi connectivity index (χ1) is 9.74. The third-order valence-electron chi connectivity index (χ3n) is 3.16. The number of hydrogen-bond acceptors (Lipinski definition) is 6. The van der Waals surface area contributed by atoms with Gasteiger partial charge in [-0.25, -0.2) is 9.97 Å². The molecule has 1 aromatic carbocycles. The van der Waals surface area contributed by atoms with Gasteiger partial charge >= 0.3 is 0 Å². The summed E-state index contributed by atoms with van der Waals surface area (Å²) in [7, 11) is 0. The Balaban J connectivity index is 2.40. The van der Waals surface area contributed by atoms with Crippen LogP contribution in [0.15, 0.2) is 24.8 Å². The van der Waals surface area contributed by atoms with Gasteiger partial charge in [0, 0.05) is 24.8 Å². The summed E-state index contributed by atoms with van der Waals surface area (Å²) in [5.41, 5.74) is 5.97. The summed E-state index contributed by atoms with van der Waals surface area (Å²) >= 11 is 0. The summed E-state index contributed by atoms with van der Waals surface area (Å²) in [5.74, 6) is 0. The normalized spacial score (nSPS) is 11.5. The number of aryl methyl sites for hydroxylation is 2. The number of benzene rings is 1. The molecule has 0 fully saturated rings. The van der Waals surface area contributed by atoms with Crippen molar-refractivity contribution in [1.82, 2.24) is 29.9 Å². The van der Waals surface area contributed by atoms with Crippen LogP contribution in [0.2, 0.25) is 0 Å². The zero-order valence-electron chi connectivity index (χ0n) is 11.0. The zero-order valence-corrected chi connectivity index (χ0v) is 11.0. The summed E-state index contributed by atoms with van der Waals surface area (Å²) in [6.07, 6.45) is 6.76. The summed E-state index contributed by atoms with van der Waals surface area (Å²) in [6, 6.07) is 0. The van der Waals surface area contributed by atoms with Gasteiger partial charge in [-0.15, -0.1) is 0 Å². The molecule has 96 valence electrons. The molecule has 4 aromatic rings. The average Bonchev–Trinajstić information content (AvgIpc) is 2.47. The van der Waals surface area contributed by atoms with Crippen molar-refractivity contribution >= 4 is 33.1 Å². The van der Waals surface area contributed by atoms with Crippen molar-refractivity contribution in [2.45, 2.75) is 13.8 Å². The Morgan fingerprint density at radius 3 is 1.50 bits per heavy atom. The third kappa shape index (κ3) is 1.45. The summed E-state index contributed by atoms with van der Waals surface area (Å²) < 4.78 is 0. The number of rotatable bonds is 0. The Labute approximate surface area is 114 Å². The van der Waals surface area contributed by atoms with Crippen molar-refractivity contribution < 1.29 is 0 Å². The van der Waals surface area contributed by atoms with E-state index in [0.29, 0.717) is 16.6 Å². The van der Waals surface area contributed by atoms with Gasteiger partial charge in [-0.1, -0.05) is 0 Å². The maximum Gasteiger partial charge on any atom is 0.119 e. The van der Waals surface area contributed by atoms with Gasteiger partial charge in [0.2, 0.25) is 0 Å². The van der Waals surface area contributed by atoms with E-state index in [9.17, 15) is 0 Å². The molecular formula is C14H10N6. The smallest absolute Gasteiger partial charge is 0.119 e. The van der Waals surface area contributed by atoms with Crippen LogP contribution < -0.4 is 0 Å². The topological polar surface area (TPSA) is 77.3 Å². The molecule has 3 heterocycles. The zero-order chi connectivity index (χ0) is 13.7. The molecule has 3 aromatic heterocycles. The van der Waals surface area contributed by atoms with E-state index in [1.165, 1.54) is 0 Å². The second-order valence-corrected chi connectivity index (χ2v) is 4.67. The number of aromatic nitrogens is 6. The molecule has 0 saturated heterocycles. The van der Waals surface area contributed by atoms with Crippen molar-refractivity contribution in [3.05, 3.63) is 36.2 Å². The second-order valence-electron chi connectivity index (χ2n) is 4.67. The fourth-order valence-electron chi connectivity index (χ4n) is 2.32. The first-order valence-corrected chi connectivity index (χ1v) is 6.23. The van der Waals surface area contributed by atoms with Gasteiger partial charge in [-0.2, -0.15) is 0 Å². The fourth-order valence-corrected chi connectivity index (χ4v) is 2.32. The van der Waals surface area contributed by atoms with E-state index in [-0.39, 0.29) is 0 Å². The molecule has 0 bridgehead atoms. The minimum absolute atomic E-state index is 0.711. The molecule has 0 aliphatic heterocycles. The van der Waals surface area contributed by atoms with E-state index >= 15 is 0 Å². The molecule has 0 aliphatic carbocycles. The van der Waals surface area contributed by atoms with Crippen LogP contribution in [0, 0.1) is 13.8 Å². The van der Waals surface area contributed by atoms with E-state index in [4.69, 9.17) is 0 Å². The Kier molecular flexibility index (Phi) is 2.14. The van der Waals surface area contributed by atoms with Crippen LogP contribution >= 0.6 is 0 Å². The van der Waals surface area contributed by atoms with Crippen molar-refractivity contribution in [3.63, 3.8) is 0 Å². The van der Waals surface area contributed by atoms with Crippen molar-refractivity contribution in [1.29, 1.82) is 0 Å². The Morgan fingerprint density at radius 1 is 0.550 bits per heavy atom. The predicted octanol–water partition coefficient (Wildman–Crippen LogP) is 2.13. The number of hydrogen-bond donors (Lipinski definition) is 0. The van der Waals surface area contributed by atoms with Crippen molar-refractivity contribution in [3.8, 4) is 0 Å². The van der Waals surface area contributed by atoms with Gasteiger partial charge in [0.25, 0.3) is 0 Å². The van der Waals surface area contributed by atoms with E-state index in [1.807, 2.05) is 13.8 Å². The molecule has 0 unspecified atom stereocenters. The minimum Gasteiger partial charge on any atom is -0.251 e. The van der Waals surface area contributed by atoms with Gasteiger partial charge in [-0.3, -0.25) is 19.9 Å². The molecule has 0 atom stereocenters. The lowest BCUT2D eigenvalue weighted by Crippen LogP contribution is -1.97. The van der Waals surface area contributed by atoms with Gasteiger partial charge in [0.1, 0.15) is 33.1 Å². The molecule has 0 amide bonds. The Hall–Kier alpha value is -2.76. The maximum atomic E-state index is 4.55. The van der Waals surface area contributed by atoms with Gasteiger partial charge in [-0.05, 0) is 13.8 Å². The lowest BCUT2D eigenvalue weighted by atomic mass is 10.2. The molecule has 6 heteroatoms. The van der Waals surface area contributed by atoms with Gasteiger partial charge < -0.3 is 0 Å². The number of nitrogens with zero attached hydrogens (tertiary/aromatic N) is 6. The summed E-state index contributed by atoms with van der Waals surface area (Å²) in [5, 5.41) is 0. The van der Waals surface area contributed by atoms with Crippen molar-refractivity contribution in [2.75, 3.05) is 0 Å². The van der Waals surface area contributed by atoms with Crippen molar-refractivity contribution in [2.24, 2.45) is 0 Å². The summed E-state index contributed by atoms with van der Waals surface area (Å²) in [4.78, 5) is 26.8. The second kappa shape index (κ2) is 3.86. The number of fused-ring (bicyclic) bond motifs is 6. The lowest BCUT2D eigenvalue weighted by Gasteiger charge is -2.06. The first-order valence-electron chi connectivity index (χ1n) is 6.23. The molecule has 0 saturated carbocycles. The van der Waals surface area contributed by atoms with E-state index in [2.05, 4.69) is 29.9 Å². The average molecular weight is 262 g/mol.